The van der Waals surface area contributed by atoms with Gasteiger partial charge in [-0.05, 0) is 57.8 Å². The largest absolute Gasteiger partial charge is 0.462 e. The molecule has 6 nitrogen and oxygen atoms in total. The Morgan fingerprint density at radius 2 is 0.710 bits per heavy atom. The third-order valence-electron chi connectivity index (χ3n) is 10.7. The summed E-state index contributed by atoms with van der Waals surface area (Å²) in [6.45, 7) is 6.46. The van der Waals surface area contributed by atoms with E-state index in [4.69, 9.17) is 14.2 Å². The maximum atomic E-state index is 12.7. The molecule has 0 aromatic heterocycles. The minimum Gasteiger partial charge on any atom is -0.462 e. The van der Waals surface area contributed by atoms with Crippen molar-refractivity contribution in [3.8, 4) is 0 Å². The molecule has 0 aliphatic rings. The molecular weight excluding hydrogens is 769 g/mol. The van der Waals surface area contributed by atoms with Gasteiger partial charge in [-0.15, -0.1) is 0 Å². The molecule has 0 aromatic rings. The van der Waals surface area contributed by atoms with Crippen LogP contribution in [0.4, 0.5) is 0 Å². The van der Waals surface area contributed by atoms with Crippen LogP contribution in [0.25, 0.3) is 0 Å². The van der Waals surface area contributed by atoms with E-state index < -0.39 is 6.10 Å². The van der Waals surface area contributed by atoms with Crippen molar-refractivity contribution in [3.05, 3.63) is 85.1 Å². The van der Waals surface area contributed by atoms with Crippen LogP contribution in [0.5, 0.6) is 0 Å². The molecule has 0 fully saturated rings. The lowest BCUT2D eigenvalue weighted by molar-refractivity contribution is -0.166. The van der Waals surface area contributed by atoms with Crippen molar-refractivity contribution in [2.24, 2.45) is 0 Å². The zero-order valence-electron chi connectivity index (χ0n) is 40.4. The van der Waals surface area contributed by atoms with Gasteiger partial charge in [-0.2, -0.15) is 0 Å². The minimum absolute atomic E-state index is 0.106. The van der Waals surface area contributed by atoms with Gasteiger partial charge >= 0.3 is 17.9 Å². The van der Waals surface area contributed by atoms with Gasteiger partial charge in [-0.25, -0.2) is 0 Å². The van der Waals surface area contributed by atoms with E-state index in [-0.39, 0.29) is 37.5 Å². The Kier molecular flexibility index (Phi) is 47.5. The molecule has 1 unspecified atom stereocenters. The van der Waals surface area contributed by atoms with Gasteiger partial charge in [0, 0.05) is 19.3 Å². The first-order valence-electron chi connectivity index (χ1n) is 25.7. The Morgan fingerprint density at radius 3 is 1.16 bits per heavy atom. The van der Waals surface area contributed by atoms with E-state index in [1.807, 2.05) is 30.4 Å². The normalized spacial score (nSPS) is 12.8. The van der Waals surface area contributed by atoms with Crippen molar-refractivity contribution < 1.29 is 28.6 Å². The first-order chi connectivity index (χ1) is 30.5. The van der Waals surface area contributed by atoms with Crippen LogP contribution in [0.1, 0.15) is 233 Å². The maximum absolute atomic E-state index is 12.7. The molecule has 0 aromatic carbocycles. The molecule has 1 atom stereocenters. The lowest BCUT2D eigenvalue weighted by Crippen LogP contribution is -2.30. The highest BCUT2D eigenvalue weighted by Crippen LogP contribution is 2.14. The number of hydrogen-bond acceptors (Lipinski definition) is 6. The fraction of sp³-hybridized carbons (Fsp3) is 0.696. The van der Waals surface area contributed by atoms with Gasteiger partial charge in [0.25, 0.3) is 0 Å². The number of unbranched alkanes of at least 4 members (excludes halogenated alkanes) is 24. The van der Waals surface area contributed by atoms with E-state index in [9.17, 15) is 14.4 Å². The molecule has 0 N–H and O–H groups in total. The average Bonchev–Trinajstić information content (AvgIpc) is 3.27. The van der Waals surface area contributed by atoms with Crippen LogP contribution in [0.3, 0.4) is 0 Å². The van der Waals surface area contributed by atoms with E-state index in [0.717, 1.165) is 77.0 Å². The van der Waals surface area contributed by atoms with Gasteiger partial charge in [0.1, 0.15) is 13.2 Å². The standard InChI is InChI=1S/C56H94O6/c1-4-7-10-13-16-19-22-25-26-27-28-29-32-34-37-40-43-46-49-55(58)61-52-53(62-56(59)50-47-44-41-38-35-31-24-21-18-15-12-9-6-3)51-60-54(57)48-45-42-39-36-33-30-23-20-17-14-11-8-5-2/h10,13,16,19,22,25-29,31,35,41,44,53H,4-9,11-12,14-15,17-18,20-21,23-24,30,32-34,36-40,42-43,45-52H2,1-3H3/b13-10+,19-16+,25-22+,27-26+,29-28+,35-31+,44-41+. The fourth-order valence-electron chi connectivity index (χ4n) is 6.88. The summed E-state index contributed by atoms with van der Waals surface area (Å²) in [4.78, 5) is 37.9. The van der Waals surface area contributed by atoms with Crippen molar-refractivity contribution >= 4 is 17.9 Å². The average molecular weight is 863 g/mol. The third-order valence-corrected chi connectivity index (χ3v) is 10.7. The summed E-state index contributed by atoms with van der Waals surface area (Å²) < 4.78 is 16.7. The minimum atomic E-state index is -0.815. The van der Waals surface area contributed by atoms with E-state index >= 15 is 0 Å². The summed E-state index contributed by atoms with van der Waals surface area (Å²) in [5.41, 5.74) is 0. The molecule has 0 saturated carbocycles. The molecule has 0 aliphatic heterocycles. The predicted octanol–water partition coefficient (Wildman–Crippen LogP) is 16.8. The second-order valence-electron chi connectivity index (χ2n) is 16.9. The Balaban J connectivity index is 4.49. The van der Waals surface area contributed by atoms with Crippen LogP contribution >= 0.6 is 0 Å². The molecular formula is C56H94O6. The van der Waals surface area contributed by atoms with E-state index in [2.05, 4.69) is 75.5 Å². The topological polar surface area (TPSA) is 78.9 Å². The Bertz CT molecular complexity index is 1220. The lowest BCUT2D eigenvalue weighted by Gasteiger charge is -2.18. The third kappa shape index (κ3) is 47.6. The molecule has 0 aliphatic carbocycles. The Labute approximate surface area is 382 Å². The van der Waals surface area contributed by atoms with Crippen molar-refractivity contribution in [3.63, 3.8) is 0 Å². The van der Waals surface area contributed by atoms with E-state index in [0.29, 0.717) is 19.3 Å². The fourth-order valence-corrected chi connectivity index (χ4v) is 6.88. The highest BCUT2D eigenvalue weighted by molar-refractivity contribution is 5.71. The molecule has 0 spiro atoms. The van der Waals surface area contributed by atoms with Crippen molar-refractivity contribution in [2.45, 2.75) is 239 Å². The van der Waals surface area contributed by atoms with Gasteiger partial charge < -0.3 is 14.2 Å². The quantitative estimate of drug-likeness (QED) is 0.0199. The van der Waals surface area contributed by atoms with E-state index in [1.54, 1.807) is 0 Å². The number of carbonyl (C=O) groups is 3. The molecule has 0 heterocycles. The number of rotatable bonds is 45. The van der Waals surface area contributed by atoms with Crippen LogP contribution in [-0.4, -0.2) is 37.2 Å². The van der Waals surface area contributed by atoms with Gasteiger partial charge in [-0.1, -0.05) is 241 Å². The monoisotopic (exact) mass is 863 g/mol. The van der Waals surface area contributed by atoms with Crippen LogP contribution in [0, 0.1) is 0 Å². The van der Waals surface area contributed by atoms with Gasteiger partial charge in [0.2, 0.25) is 0 Å². The number of hydrogen-bond donors (Lipinski definition) is 0. The molecule has 354 valence electrons. The van der Waals surface area contributed by atoms with Crippen LogP contribution in [0.15, 0.2) is 85.1 Å². The summed E-state index contributed by atoms with van der Waals surface area (Å²) in [5, 5.41) is 0. The van der Waals surface area contributed by atoms with Crippen molar-refractivity contribution in [1.29, 1.82) is 0 Å². The lowest BCUT2D eigenvalue weighted by atomic mass is 10.0. The molecule has 0 rings (SSSR count). The van der Waals surface area contributed by atoms with Crippen LogP contribution in [-0.2, 0) is 28.6 Å². The van der Waals surface area contributed by atoms with Gasteiger partial charge in [0.15, 0.2) is 6.10 Å². The molecule has 0 bridgehead atoms. The van der Waals surface area contributed by atoms with Gasteiger partial charge in [-0.3, -0.25) is 14.4 Å². The van der Waals surface area contributed by atoms with Crippen LogP contribution in [0.2, 0.25) is 0 Å². The SMILES string of the molecule is CCC/C=C/C=C/C=C/C=C/C=C/CCCCCCCC(=O)OCC(COC(=O)CCCCCCCCCCCCCCC)OC(=O)CC/C=C/C/C=C/CCCCCCCC. The molecule has 6 heteroatoms. The molecule has 62 heavy (non-hydrogen) atoms. The number of ether oxygens (including phenoxy) is 3. The summed E-state index contributed by atoms with van der Waals surface area (Å²) >= 11 is 0. The molecule has 0 radical (unpaired) electrons. The number of esters is 3. The highest BCUT2D eigenvalue weighted by atomic mass is 16.6. The van der Waals surface area contributed by atoms with Crippen molar-refractivity contribution in [1.82, 2.24) is 0 Å². The molecule has 0 saturated heterocycles. The summed E-state index contributed by atoms with van der Waals surface area (Å²) in [6, 6.07) is 0. The second-order valence-corrected chi connectivity index (χ2v) is 16.9. The smallest absolute Gasteiger partial charge is 0.306 e. The zero-order chi connectivity index (χ0) is 45.1. The van der Waals surface area contributed by atoms with Crippen molar-refractivity contribution in [2.75, 3.05) is 13.2 Å². The molecule has 0 amide bonds. The van der Waals surface area contributed by atoms with Crippen LogP contribution < -0.4 is 0 Å². The summed E-state index contributed by atoms with van der Waals surface area (Å²) in [6.07, 6.45) is 64.3. The second kappa shape index (κ2) is 50.2. The zero-order valence-corrected chi connectivity index (χ0v) is 40.4. The predicted molar refractivity (Wildman–Crippen MR) is 265 cm³/mol. The Morgan fingerprint density at radius 1 is 0.339 bits per heavy atom. The highest BCUT2D eigenvalue weighted by Gasteiger charge is 2.19. The first kappa shape index (κ1) is 58.6. The maximum Gasteiger partial charge on any atom is 0.306 e. The van der Waals surface area contributed by atoms with Gasteiger partial charge in [0.05, 0.1) is 0 Å². The van der Waals surface area contributed by atoms with E-state index in [1.165, 1.54) is 109 Å². The first-order valence-corrected chi connectivity index (χ1v) is 25.7. The Hall–Kier alpha value is -3.41. The summed E-state index contributed by atoms with van der Waals surface area (Å²) in [7, 11) is 0. The summed E-state index contributed by atoms with van der Waals surface area (Å²) in [5.74, 6) is -1.00. The number of carbonyl (C=O) groups excluding carboxylic acids is 3. The number of allylic oxidation sites excluding steroid dienone is 14.